The highest BCUT2D eigenvalue weighted by Crippen LogP contribution is 2.20. The lowest BCUT2D eigenvalue weighted by Gasteiger charge is -2.11. The quantitative estimate of drug-likeness (QED) is 0.588. The number of aromatic nitrogens is 2. The van der Waals surface area contributed by atoms with Crippen LogP contribution in [0.5, 0.6) is 0 Å². The Morgan fingerprint density at radius 3 is 2.71 bits per heavy atom. The molecule has 0 fully saturated rings. The summed E-state index contributed by atoms with van der Waals surface area (Å²) in [5.74, 6) is -0.582. The monoisotopic (exact) mass is 308 g/mol. The van der Waals surface area contributed by atoms with E-state index >= 15 is 0 Å². The fourth-order valence-corrected chi connectivity index (χ4v) is 2.33. The van der Waals surface area contributed by atoms with Crippen molar-refractivity contribution < 1.29 is 9.18 Å². The van der Waals surface area contributed by atoms with Gasteiger partial charge in [0.2, 0.25) is 5.91 Å². The van der Waals surface area contributed by atoms with Crippen molar-refractivity contribution in [3.05, 3.63) is 46.5 Å². The van der Waals surface area contributed by atoms with E-state index in [1.807, 2.05) is 0 Å². The van der Waals surface area contributed by atoms with E-state index < -0.39 is 5.25 Å². The van der Waals surface area contributed by atoms with E-state index in [0.717, 1.165) is 17.8 Å². The molecule has 0 saturated carbocycles. The van der Waals surface area contributed by atoms with Gasteiger partial charge in [-0.15, -0.1) is 0 Å². The summed E-state index contributed by atoms with van der Waals surface area (Å²) in [6.07, 6.45) is 0. The zero-order valence-electron chi connectivity index (χ0n) is 11.1. The maximum absolute atomic E-state index is 12.8. The van der Waals surface area contributed by atoms with Gasteiger partial charge in [-0.1, -0.05) is 11.8 Å². The van der Waals surface area contributed by atoms with Crippen LogP contribution >= 0.6 is 11.8 Å². The van der Waals surface area contributed by atoms with Crippen LogP contribution in [0.1, 0.15) is 6.92 Å². The summed E-state index contributed by atoms with van der Waals surface area (Å²) in [5.41, 5.74) is 5.58. The maximum Gasteiger partial charge on any atom is 0.253 e. The molecule has 4 N–H and O–H groups in total. The van der Waals surface area contributed by atoms with Crippen molar-refractivity contribution in [1.82, 2.24) is 9.97 Å². The largest absolute Gasteiger partial charge is 0.383 e. The number of carbonyl (C=O) groups excluding carboxylic acids is 1. The minimum absolute atomic E-state index is 0.0902. The number of carbonyl (C=O) groups is 1. The number of H-pyrrole nitrogens is 1. The Bertz CT molecular complexity index is 702. The van der Waals surface area contributed by atoms with E-state index in [9.17, 15) is 14.0 Å². The molecule has 0 spiro atoms. The SMILES string of the molecule is CC(Sc1nc(N)cc(=O)[nH]1)C(=O)Nc1ccc(F)cc1. The molecular formula is C13H13FN4O2S. The molecule has 0 aliphatic rings. The van der Waals surface area contributed by atoms with Gasteiger partial charge in [0.05, 0.1) is 5.25 Å². The van der Waals surface area contributed by atoms with Gasteiger partial charge >= 0.3 is 0 Å². The van der Waals surface area contributed by atoms with Crippen molar-refractivity contribution in [1.29, 1.82) is 0 Å². The van der Waals surface area contributed by atoms with Crippen molar-refractivity contribution in [2.75, 3.05) is 11.1 Å². The molecule has 8 heteroatoms. The van der Waals surface area contributed by atoms with Gasteiger partial charge in [0.25, 0.3) is 5.56 Å². The Labute approximate surface area is 124 Å². The number of nitrogens with one attached hydrogen (secondary N) is 2. The van der Waals surface area contributed by atoms with E-state index in [2.05, 4.69) is 15.3 Å². The van der Waals surface area contributed by atoms with Crippen LogP contribution in [0.3, 0.4) is 0 Å². The molecule has 110 valence electrons. The molecule has 0 aliphatic carbocycles. The first-order valence-corrected chi connectivity index (χ1v) is 6.92. The van der Waals surface area contributed by atoms with Gasteiger partial charge in [-0.05, 0) is 31.2 Å². The number of nitrogens with zero attached hydrogens (tertiary/aromatic N) is 1. The standard InChI is InChI=1S/C13H13FN4O2S/c1-7(21-13-17-10(15)6-11(19)18-13)12(20)16-9-4-2-8(14)3-5-9/h2-7H,1H3,(H,16,20)(H3,15,17,18,19). The van der Waals surface area contributed by atoms with Crippen LogP contribution < -0.4 is 16.6 Å². The number of anilines is 2. The molecule has 2 rings (SSSR count). The summed E-state index contributed by atoms with van der Waals surface area (Å²) in [7, 11) is 0. The predicted octanol–water partition coefficient (Wildman–Crippen LogP) is 1.61. The summed E-state index contributed by atoms with van der Waals surface area (Å²) in [4.78, 5) is 29.7. The number of amides is 1. The third kappa shape index (κ3) is 4.32. The molecule has 1 aromatic carbocycles. The van der Waals surface area contributed by atoms with Gasteiger partial charge in [-0.3, -0.25) is 9.59 Å². The van der Waals surface area contributed by atoms with E-state index in [1.165, 1.54) is 24.3 Å². The fraction of sp³-hybridized carbons (Fsp3) is 0.154. The normalized spacial score (nSPS) is 11.9. The number of rotatable bonds is 4. The highest BCUT2D eigenvalue weighted by Gasteiger charge is 2.16. The second-order valence-electron chi connectivity index (χ2n) is 4.23. The Hall–Kier alpha value is -2.35. The number of nitrogen functional groups attached to an aromatic ring is 1. The number of hydrogen-bond acceptors (Lipinski definition) is 5. The lowest BCUT2D eigenvalue weighted by atomic mass is 10.3. The number of aromatic amines is 1. The van der Waals surface area contributed by atoms with Crippen LogP contribution in [0.4, 0.5) is 15.9 Å². The summed E-state index contributed by atoms with van der Waals surface area (Å²) in [6, 6.07) is 6.60. The average molecular weight is 308 g/mol. The molecule has 1 unspecified atom stereocenters. The second kappa shape index (κ2) is 6.40. The lowest BCUT2D eigenvalue weighted by molar-refractivity contribution is -0.115. The maximum atomic E-state index is 12.8. The Morgan fingerprint density at radius 1 is 1.43 bits per heavy atom. The Morgan fingerprint density at radius 2 is 2.10 bits per heavy atom. The van der Waals surface area contributed by atoms with Crippen LogP contribution in [-0.2, 0) is 4.79 Å². The molecule has 21 heavy (non-hydrogen) atoms. The number of thioether (sulfide) groups is 1. The van der Waals surface area contributed by atoms with Crippen molar-refractivity contribution in [3.8, 4) is 0 Å². The predicted molar refractivity (Wildman–Crippen MR) is 79.6 cm³/mol. The van der Waals surface area contributed by atoms with Crippen LogP contribution in [0, 0.1) is 5.82 Å². The molecular weight excluding hydrogens is 295 g/mol. The van der Waals surface area contributed by atoms with Crippen molar-refractivity contribution in [2.45, 2.75) is 17.3 Å². The third-order valence-corrected chi connectivity index (χ3v) is 3.49. The molecule has 1 amide bonds. The van der Waals surface area contributed by atoms with Gasteiger partial charge in [0.1, 0.15) is 11.6 Å². The number of nitrogens with two attached hydrogens (primary N) is 1. The summed E-state index contributed by atoms with van der Waals surface area (Å²) < 4.78 is 12.8. The van der Waals surface area contributed by atoms with Gasteiger partial charge < -0.3 is 16.0 Å². The molecule has 0 aliphatic heterocycles. The van der Waals surface area contributed by atoms with E-state index in [-0.39, 0.29) is 28.3 Å². The van der Waals surface area contributed by atoms with Crippen LogP contribution in [0.15, 0.2) is 40.3 Å². The van der Waals surface area contributed by atoms with E-state index in [0.29, 0.717) is 5.69 Å². The zero-order chi connectivity index (χ0) is 15.4. The highest BCUT2D eigenvalue weighted by molar-refractivity contribution is 8.00. The molecule has 0 radical (unpaired) electrons. The van der Waals surface area contributed by atoms with E-state index in [4.69, 9.17) is 5.73 Å². The second-order valence-corrected chi connectivity index (χ2v) is 5.56. The topological polar surface area (TPSA) is 101 Å². The van der Waals surface area contributed by atoms with Crippen LogP contribution in [0.25, 0.3) is 0 Å². The Balaban J connectivity index is 2.02. The van der Waals surface area contributed by atoms with Crippen LogP contribution in [0.2, 0.25) is 0 Å². The van der Waals surface area contributed by atoms with E-state index in [1.54, 1.807) is 6.92 Å². The summed E-state index contributed by atoms with van der Waals surface area (Å²) in [5, 5.41) is 2.39. The highest BCUT2D eigenvalue weighted by atomic mass is 32.2. The first kappa shape index (κ1) is 15.0. The fourth-order valence-electron chi connectivity index (χ4n) is 1.51. The summed E-state index contributed by atoms with van der Waals surface area (Å²) in [6.45, 7) is 1.66. The number of hydrogen-bond donors (Lipinski definition) is 3. The molecule has 0 saturated heterocycles. The summed E-state index contributed by atoms with van der Waals surface area (Å²) >= 11 is 1.07. The molecule has 1 heterocycles. The van der Waals surface area contributed by atoms with Gasteiger partial charge in [0.15, 0.2) is 5.16 Å². The molecule has 1 atom stereocenters. The van der Waals surface area contributed by atoms with Gasteiger partial charge in [-0.2, -0.15) is 0 Å². The number of benzene rings is 1. The minimum Gasteiger partial charge on any atom is -0.383 e. The van der Waals surface area contributed by atoms with Crippen molar-refractivity contribution in [3.63, 3.8) is 0 Å². The smallest absolute Gasteiger partial charge is 0.253 e. The van der Waals surface area contributed by atoms with Crippen molar-refractivity contribution in [2.24, 2.45) is 0 Å². The molecule has 6 nitrogen and oxygen atoms in total. The Kier molecular flexibility index (Phi) is 4.59. The minimum atomic E-state index is -0.514. The average Bonchev–Trinajstić information content (AvgIpc) is 2.40. The van der Waals surface area contributed by atoms with Crippen LogP contribution in [-0.4, -0.2) is 21.1 Å². The third-order valence-electron chi connectivity index (χ3n) is 2.51. The first-order valence-electron chi connectivity index (χ1n) is 6.04. The molecule has 0 bridgehead atoms. The number of halogens is 1. The zero-order valence-corrected chi connectivity index (χ0v) is 11.9. The molecule has 2 aromatic rings. The lowest BCUT2D eigenvalue weighted by Crippen LogP contribution is -2.23. The first-order chi connectivity index (χ1) is 9.94. The van der Waals surface area contributed by atoms with Crippen molar-refractivity contribution >= 4 is 29.2 Å². The van der Waals surface area contributed by atoms with Gasteiger partial charge in [0, 0.05) is 11.8 Å². The van der Waals surface area contributed by atoms with Gasteiger partial charge in [-0.25, -0.2) is 9.37 Å². The molecule has 1 aromatic heterocycles.